The Morgan fingerprint density at radius 1 is 1.48 bits per heavy atom. The number of carbonyl (C=O) groups excluding carboxylic acids is 1. The van der Waals surface area contributed by atoms with E-state index in [4.69, 9.17) is 4.52 Å². The molecule has 1 atom stereocenters. The van der Waals surface area contributed by atoms with Crippen LogP contribution >= 0.6 is 0 Å². The molecule has 2 aromatic heterocycles. The SMILES string of the molecule is Cc1noc(C)c1NC(=O)c1cc(S(=O)(=O)N2CCC[C@@H](O)C2)c[nH]1. The first-order chi connectivity index (χ1) is 11.8. The van der Waals surface area contributed by atoms with Gasteiger partial charge in [0.25, 0.3) is 5.91 Å². The number of anilines is 1. The van der Waals surface area contributed by atoms with Crippen LogP contribution in [0.2, 0.25) is 0 Å². The molecule has 136 valence electrons. The van der Waals surface area contributed by atoms with E-state index < -0.39 is 22.0 Å². The van der Waals surface area contributed by atoms with Crippen LogP contribution in [0.3, 0.4) is 0 Å². The van der Waals surface area contributed by atoms with E-state index in [0.29, 0.717) is 36.5 Å². The van der Waals surface area contributed by atoms with Crippen molar-refractivity contribution in [3.05, 3.63) is 29.4 Å². The summed E-state index contributed by atoms with van der Waals surface area (Å²) in [5.74, 6) is -0.0258. The number of nitrogens with zero attached hydrogens (tertiary/aromatic N) is 2. The minimum Gasteiger partial charge on any atom is -0.392 e. The summed E-state index contributed by atoms with van der Waals surface area (Å²) in [6.45, 7) is 3.78. The van der Waals surface area contributed by atoms with E-state index in [1.165, 1.54) is 16.6 Å². The van der Waals surface area contributed by atoms with Gasteiger partial charge in [0.05, 0.1) is 6.10 Å². The van der Waals surface area contributed by atoms with Crippen molar-refractivity contribution >= 4 is 21.6 Å². The number of aryl methyl sites for hydroxylation is 2. The summed E-state index contributed by atoms with van der Waals surface area (Å²) in [4.78, 5) is 15.0. The molecule has 0 aliphatic carbocycles. The highest BCUT2D eigenvalue weighted by molar-refractivity contribution is 7.89. The van der Waals surface area contributed by atoms with Gasteiger partial charge in [0.1, 0.15) is 22.0 Å². The summed E-state index contributed by atoms with van der Waals surface area (Å²) in [6.07, 6.45) is 1.80. The first kappa shape index (κ1) is 17.6. The molecule has 2 aromatic rings. The number of carbonyl (C=O) groups is 1. The molecular weight excluding hydrogens is 348 g/mol. The fourth-order valence-electron chi connectivity index (χ4n) is 2.79. The number of hydrogen-bond acceptors (Lipinski definition) is 6. The number of aromatic amines is 1. The summed E-state index contributed by atoms with van der Waals surface area (Å²) < 4.78 is 31.5. The van der Waals surface area contributed by atoms with E-state index in [2.05, 4.69) is 15.5 Å². The molecule has 0 spiro atoms. The summed E-state index contributed by atoms with van der Waals surface area (Å²) >= 11 is 0. The average Bonchev–Trinajstić information content (AvgIpc) is 3.18. The van der Waals surface area contributed by atoms with Crippen molar-refractivity contribution in [1.82, 2.24) is 14.4 Å². The van der Waals surface area contributed by atoms with Gasteiger partial charge in [0.15, 0.2) is 5.76 Å². The highest BCUT2D eigenvalue weighted by Crippen LogP contribution is 2.23. The van der Waals surface area contributed by atoms with Gasteiger partial charge in [-0.2, -0.15) is 4.31 Å². The largest absolute Gasteiger partial charge is 0.392 e. The van der Waals surface area contributed by atoms with Crippen LogP contribution in [0, 0.1) is 13.8 Å². The zero-order valence-electron chi connectivity index (χ0n) is 13.9. The van der Waals surface area contributed by atoms with Crippen LogP contribution in [0.4, 0.5) is 5.69 Å². The number of hydrogen-bond donors (Lipinski definition) is 3. The Morgan fingerprint density at radius 3 is 2.88 bits per heavy atom. The van der Waals surface area contributed by atoms with Crippen LogP contribution < -0.4 is 5.32 Å². The molecule has 1 fully saturated rings. The number of aliphatic hydroxyl groups is 1. The van der Waals surface area contributed by atoms with E-state index in [1.807, 2.05) is 0 Å². The molecule has 3 N–H and O–H groups in total. The molecule has 9 nitrogen and oxygen atoms in total. The van der Waals surface area contributed by atoms with Crippen molar-refractivity contribution in [2.45, 2.75) is 37.7 Å². The Balaban J connectivity index is 1.78. The van der Waals surface area contributed by atoms with Gasteiger partial charge in [-0.15, -0.1) is 0 Å². The molecule has 1 aliphatic rings. The summed E-state index contributed by atoms with van der Waals surface area (Å²) in [5.41, 5.74) is 1.10. The zero-order valence-corrected chi connectivity index (χ0v) is 14.8. The third kappa shape index (κ3) is 3.46. The quantitative estimate of drug-likeness (QED) is 0.739. The van der Waals surface area contributed by atoms with Crippen molar-refractivity contribution < 1.29 is 22.8 Å². The fourth-order valence-corrected chi connectivity index (χ4v) is 4.30. The third-order valence-corrected chi connectivity index (χ3v) is 6.01. The van der Waals surface area contributed by atoms with E-state index in [0.717, 1.165) is 0 Å². The minimum absolute atomic E-state index is 0.00878. The van der Waals surface area contributed by atoms with Crippen molar-refractivity contribution in [1.29, 1.82) is 0 Å². The zero-order chi connectivity index (χ0) is 18.2. The van der Waals surface area contributed by atoms with Crippen LogP contribution in [0.5, 0.6) is 0 Å². The standard InChI is InChI=1S/C15H20N4O5S/c1-9-14(10(2)24-18-9)17-15(21)13-6-12(7-16-13)25(22,23)19-5-3-4-11(20)8-19/h6-7,11,16,20H,3-5,8H2,1-2H3,(H,17,21)/t11-/m1/s1. The molecule has 0 aromatic carbocycles. The van der Waals surface area contributed by atoms with Crippen molar-refractivity contribution in [3.8, 4) is 0 Å². The molecule has 0 radical (unpaired) electrons. The van der Waals surface area contributed by atoms with Crippen LogP contribution in [-0.2, 0) is 10.0 Å². The second kappa shape index (κ2) is 6.62. The highest BCUT2D eigenvalue weighted by Gasteiger charge is 2.30. The molecular formula is C15H20N4O5S. The van der Waals surface area contributed by atoms with Crippen molar-refractivity contribution in [3.63, 3.8) is 0 Å². The highest BCUT2D eigenvalue weighted by atomic mass is 32.2. The maximum absolute atomic E-state index is 12.6. The van der Waals surface area contributed by atoms with Gasteiger partial charge in [-0.05, 0) is 32.8 Å². The Hall–Kier alpha value is -2.17. The van der Waals surface area contributed by atoms with E-state index in [9.17, 15) is 18.3 Å². The second-order valence-electron chi connectivity index (χ2n) is 6.06. The van der Waals surface area contributed by atoms with Crippen molar-refractivity contribution in [2.75, 3.05) is 18.4 Å². The lowest BCUT2D eigenvalue weighted by atomic mass is 10.1. The van der Waals surface area contributed by atoms with E-state index in [-0.39, 0.29) is 17.1 Å². The minimum atomic E-state index is -3.75. The lowest BCUT2D eigenvalue weighted by Crippen LogP contribution is -2.41. The lowest BCUT2D eigenvalue weighted by molar-refractivity contribution is 0.102. The summed E-state index contributed by atoms with van der Waals surface area (Å²) in [6, 6.07) is 1.28. The average molecular weight is 368 g/mol. The Morgan fingerprint density at radius 2 is 2.24 bits per heavy atom. The Bertz CT molecular complexity index is 866. The second-order valence-corrected chi connectivity index (χ2v) is 8.00. The third-order valence-electron chi connectivity index (χ3n) is 4.17. The van der Waals surface area contributed by atoms with E-state index >= 15 is 0 Å². The molecule has 0 bridgehead atoms. The van der Waals surface area contributed by atoms with Gasteiger partial charge in [0, 0.05) is 19.3 Å². The van der Waals surface area contributed by atoms with Gasteiger partial charge < -0.3 is 19.9 Å². The summed E-state index contributed by atoms with van der Waals surface area (Å²) in [7, 11) is -3.75. The number of β-amino-alcohol motifs (C(OH)–C–C–N with tert-alkyl or cyclic N) is 1. The maximum Gasteiger partial charge on any atom is 0.272 e. The lowest BCUT2D eigenvalue weighted by Gasteiger charge is -2.28. The Kier molecular flexibility index (Phi) is 4.67. The van der Waals surface area contributed by atoms with Crippen molar-refractivity contribution in [2.24, 2.45) is 0 Å². The van der Waals surface area contributed by atoms with Gasteiger partial charge in [-0.1, -0.05) is 5.16 Å². The topological polar surface area (TPSA) is 129 Å². The molecule has 25 heavy (non-hydrogen) atoms. The van der Waals surface area contributed by atoms with E-state index in [1.54, 1.807) is 13.8 Å². The molecule has 10 heteroatoms. The number of aliphatic hydroxyl groups excluding tert-OH is 1. The fraction of sp³-hybridized carbons (Fsp3) is 0.467. The van der Waals surface area contributed by atoms with Crippen LogP contribution in [0.1, 0.15) is 34.8 Å². The number of nitrogens with one attached hydrogen (secondary N) is 2. The predicted octanol–water partition coefficient (Wildman–Crippen LogP) is 1.02. The van der Waals surface area contributed by atoms with Crippen LogP contribution in [0.15, 0.2) is 21.7 Å². The monoisotopic (exact) mass is 368 g/mol. The first-order valence-corrected chi connectivity index (χ1v) is 9.34. The van der Waals surface area contributed by atoms with Gasteiger partial charge in [-0.25, -0.2) is 8.42 Å². The number of H-pyrrole nitrogens is 1. The molecule has 0 saturated carbocycles. The molecule has 1 amide bonds. The normalized spacial score (nSPS) is 19.1. The number of piperidine rings is 1. The van der Waals surface area contributed by atoms with Crippen LogP contribution in [-0.4, -0.2) is 53.1 Å². The summed E-state index contributed by atoms with van der Waals surface area (Å²) in [5, 5.41) is 16.1. The number of amides is 1. The van der Waals surface area contributed by atoms with Gasteiger partial charge in [0.2, 0.25) is 10.0 Å². The molecule has 1 aliphatic heterocycles. The predicted molar refractivity (Wildman–Crippen MR) is 88.7 cm³/mol. The van der Waals surface area contributed by atoms with Crippen LogP contribution in [0.25, 0.3) is 0 Å². The smallest absolute Gasteiger partial charge is 0.272 e. The first-order valence-electron chi connectivity index (χ1n) is 7.90. The Labute approximate surface area is 145 Å². The molecule has 1 saturated heterocycles. The van der Waals surface area contributed by atoms with Gasteiger partial charge in [-0.3, -0.25) is 4.79 Å². The van der Waals surface area contributed by atoms with Gasteiger partial charge >= 0.3 is 0 Å². The number of aromatic nitrogens is 2. The molecule has 3 rings (SSSR count). The molecule has 3 heterocycles. The maximum atomic E-state index is 12.6. The molecule has 0 unspecified atom stereocenters. The number of sulfonamides is 1. The number of rotatable bonds is 4.